The zero-order valence-electron chi connectivity index (χ0n) is 53.0. The average molecular weight is 1160 g/mol. The van der Waals surface area contributed by atoms with Crippen LogP contribution >= 0.6 is 0 Å². The van der Waals surface area contributed by atoms with Crippen molar-refractivity contribution >= 4 is 11.9 Å². The van der Waals surface area contributed by atoms with Crippen LogP contribution in [0.3, 0.4) is 0 Å². The lowest BCUT2D eigenvalue weighted by molar-refractivity contribution is -0.305. The molecule has 1 aliphatic heterocycles. The van der Waals surface area contributed by atoms with Crippen LogP contribution in [-0.4, -0.2) is 99.6 Å². The molecule has 11 heteroatoms. The minimum absolute atomic E-state index is 0.109. The van der Waals surface area contributed by atoms with Gasteiger partial charge in [-0.05, 0) is 103 Å². The molecule has 0 bridgehead atoms. The maximum atomic E-state index is 13.4. The molecule has 1 heterocycles. The predicted molar refractivity (Wildman–Crippen MR) is 347 cm³/mol. The van der Waals surface area contributed by atoms with E-state index in [1.165, 1.54) is 116 Å². The molecular weight excluding hydrogens is 1040 g/mol. The number of esters is 1. The van der Waals surface area contributed by atoms with Gasteiger partial charge in [0.25, 0.3) is 0 Å². The third-order valence-corrected chi connectivity index (χ3v) is 15.5. The molecule has 1 fully saturated rings. The fourth-order valence-electron chi connectivity index (χ4n) is 10.1. The first-order chi connectivity index (χ1) is 40.7. The Morgan fingerprint density at radius 2 is 0.867 bits per heavy atom. The van der Waals surface area contributed by atoms with Crippen LogP contribution < -0.4 is 5.32 Å². The monoisotopic (exact) mass is 1160 g/mol. The standard InChI is InChI=1S/C72H125NO10/c1-4-7-10-13-16-19-22-24-26-28-29-30-31-32-33-34-35-36-37-38-40-42-45-48-51-54-57-60-67(77)83-70-69(79)68(78)66(61-74)82-72(70)81-62-63(64(75)58-55-52-49-46-43-21-18-15-12-9-6-3)73-71(80)65(76)59-56-53-50-47-44-41-39-27-25-23-20-17-14-11-8-5-2/h7,10,16,19,24-27,29-30,32-33,35-36,55,58,63-66,68-70,72,74-76,78-79H,4-6,8-9,11-15,17-18,20-23,28,31,34,37-54,56-57,59-62H2,1-3H3,(H,73,80)/b10-7-,19-16-,26-24-,27-25+,30-29-,33-32-,36-35-,58-55+. The Labute approximate surface area is 507 Å². The summed E-state index contributed by atoms with van der Waals surface area (Å²) in [6.07, 6.45) is 68.7. The van der Waals surface area contributed by atoms with Crippen LogP contribution in [0, 0.1) is 0 Å². The molecule has 8 atom stereocenters. The lowest BCUT2D eigenvalue weighted by Crippen LogP contribution is -2.61. The normalized spacial score (nSPS) is 19.2. The number of aliphatic hydroxyl groups is 5. The number of hydrogen-bond acceptors (Lipinski definition) is 10. The minimum atomic E-state index is -1.62. The van der Waals surface area contributed by atoms with E-state index in [1.807, 2.05) is 6.08 Å². The van der Waals surface area contributed by atoms with E-state index in [4.69, 9.17) is 14.2 Å². The number of aliphatic hydroxyl groups excluding tert-OH is 5. The maximum Gasteiger partial charge on any atom is 0.306 e. The second-order valence-corrected chi connectivity index (χ2v) is 23.2. The van der Waals surface area contributed by atoms with E-state index in [-0.39, 0.29) is 19.4 Å². The highest BCUT2D eigenvalue weighted by atomic mass is 16.7. The van der Waals surface area contributed by atoms with Crippen LogP contribution in [0.25, 0.3) is 0 Å². The summed E-state index contributed by atoms with van der Waals surface area (Å²) in [6.45, 7) is 5.67. The number of allylic oxidation sites excluding steroid dienone is 15. The van der Waals surface area contributed by atoms with E-state index < -0.39 is 67.4 Å². The number of carbonyl (C=O) groups excluding carboxylic acids is 2. The van der Waals surface area contributed by atoms with Gasteiger partial charge in [0.1, 0.15) is 24.4 Å². The van der Waals surface area contributed by atoms with Crippen molar-refractivity contribution in [1.29, 1.82) is 0 Å². The molecule has 0 aromatic carbocycles. The molecule has 11 nitrogen and oxygen atoms in total. The van der Waals surface area contributed by atoms with Crippen LogP contribution in [0.2, 0.25) is 0 Å². The summed E-state index contributed by atoms with van der Waals surface area (Å²) in [7, 11) is 0. The minimum Gasteiger partial charge on any atom is -0.454 e. The van der Waals surface area contributed by atoms with Crippen molar-refractivity contribution in [3.8, 4) is 0 Å². The lowest BCUT2D eigenvalue weighted by atomic mass is 9.99. The van der Waals surface area contributed by atoms with Crippen molar-refractivity contribution in [3.63, 3.8) is 0 Å². The Hall–Kier alpha value is -3.42. The lowest BCUT2D eigenvalue weighted by Gasteiger charge is -2.41. The van der Waals surface area contributed by atoms with Gasteiger partial charge in [-0.1, -0.05) is 272 Å². The number of rotatable bonds is 57. The van der Waals surface area contributed by atoms with Crippen molar-refractivity contribution in [2.45, 2.75) is 333 Å². The first-order valence-corrected chi connectivity index (χ1v) is 34.0. The molecule has 1 aliphatic rings. The molecule has 0 radical (unpaired) electrons. The zero-order valence-corrected chi connectivity index (χ0v) is 53.0. The molecule has 0 saturated carbocycles. The van der Waals surface area contributed by atoms with Gasteiger partial charge in [-0.25, -0.2) is 0 Å². The van der Waals surface area contributed by atoms with Crippen LogP contribution in [-0.2, 0) is 23.8 Å². The Morgan fingerprint density at radius 1 is 0.482 bits per heavy atom. The van der Waals surface area contributed by atoms with Crippen molar-refractivity contribution in [2.24, 2.45) is 0 Å². The summed E-state index contributed by atoms with van der Waals surface area (Å²) in [4.78, 5) is 26.6. The summed E-state index contributed by atoms with van der Waals surface area (Å²) in [5.74, 6) is -1.21. The molecule has 0 aromatic rings. The summed E-state index contributed by atoms with van der Waals surface area (Å²) in [5.41, 5.74) is 0. The molecule has 8 unspecified atom stereocenters. The van der Waals surface area contributed by atoms with Crippen molar-refractivity contribution in [2.75, 3.05) is 13.2 Å². The van der Waals surface area contributed by atoms with Gasteiger partial charge >= 0.3 is 5.97 Å². The smallest absolute Gasteiger partial charge is 0.306 e. The highest BCUT2D eigenvalue weighted by Crippen LogP contribution is 2.26. The van der Waals surface area contributed by atoms with E-state index in [0.717, 1.165) is 122 Å². The number of amides is 1. The first-order valence-electron chi connectivity index (χ1n) is 34.0. The van der Waals surface area contributed by atoms with E-state index in [0.29, 0.717) is 12.8 Å². The molecule has 1 saturated heterocycles. The summed E-state index contributed by atoms with van der Waals surface area (Å²) >= 11 is 0. The second kappa shape index (κ2) is 58.9. The van der Waals surface area contributed by atoms with Crippen molar-refractivity contribution in [1.82, 2.24) is 5.32 Å². The number of ether oxygens (including phenoxy) is 3. The van der Waals surface area contributed by atoms with Gasteiger partial charge in [0.05, 0.1) is 25.4 Å². The first kappa shape index (κ1) is 77.6. The zero-order chi connectivity index (χ0) is 60.3. The summed E-state index contributed by atoms with van der Waals surface area (Å²) in [6, 6.07) is -1.03. The van der Waals surface area contributed by atoms with Crippen molar-refractivity contribution < 1.29 is 49.3 Å². The van der Waals surface area contributed by atoms with Crippen LogP contribution in [0.5, 0.6) is 0 Å². The average Bonchev–Trinajstić information content (AvgIpc) is 3.68. The molecule has 1 rings (SSSR count). The highest BCUT2D eigenvalue weighted by Gasteiger charge is 2.47. The largest absolute Gasteiger partial charge is 0.454 e. The molecule has 478 valence electrons. The Morgan fingerprint density at radius 3 is 1.31 bits per heavy atom. The SMILES string of the molecule is CC/C=C\C/C=C\C/C=C\C/C=C\C/C=C\C/C=C\CCCCCCCCCCC(=O)OC1C(OCC(NC(=O)C(O)CCCCCCCC/C=C/CCCCCCCC)C(O)/C=C/CCCCCCCCCCC)OC(CO)C(O)C1O. The van der Waals surface area contributed by atoms with E-state index in [2.05, 4.69) is 111 Å². The molecule has 83 heavy (non-hydrogen) atoms. The quantitative estimate of drug-likeness (QED) is 0.0195. The Bertz CT molecular complexity index is 1720. The van der Waals surface area contributed by atoms with Gasteiger partial charge in [-0.3, -0.25) is 9.59 Å². The predicted octanol–water partition coefficient (Wildman–Crippen LogP) is 17.1. The molecule has 0 spiro atoms. The third-order valence-electron chi connectivity index (χ3n) is 15.5. The molecule has 6 N–H and O–H groups in total. The summed E-state index contributed by atoms with van der Waals surface area (Å²) in [5, 5.41) is 57.1. The molecule has 1 amide bonds. The second-order valence-electron chi connectivity index (χ2n) is 23.2. The van der Waals surface area contributed by atoms with Gasteiger partial charge in [-0.2, -0.15) is 0 Å². The van der Waals surface area contributed by atoms with E-state index in [9.17, 15) is 35.1 Å². The van der Waals surface area contributed by atoms with E-state index >= 15 is 0 Å². The number of carbonyl (C=O) groups is 2. The van der Waals surface area contributed by atoms with Crippen molar-refractivity contribution in [3.05, 3.63) is 97.2 Å². The topological polar surface area (TPSA) is 175 Å². The number of unbranched alkanes of at least 4 members (excludes halogenated alkanes) is 29. The molecule has 0 aliphatic carbocycles. The fraction of sp³-hybridized carbons (Fsp3) is 0.750. The Balaban J connectivity index is 2.58. The van der Waals surface area contributed by atoms with Gasteiger partial charge in [0.2, 0.25) is 5.91 Å². The van der Waals surface area contributed by atoms with Gasteiger partial charge in [0.15, 0.2) is 12.4 Å². The van der Waals surface area contributed by atoms with Crippen LogP contribution in [0.15, 0.2) is 97.2 Å². The molecule has 0 aromatic heterocycles. The summed E-state index contributed by atoms with van der Waals surface area (Å²) < 4.78 is 17.7. The van der Waals surface area contributed by atoms with Gasteiger partial charge in [-0.15, -0.1) is 0 Å². The van der Waals surface area contributed by atoms with Gasteiger partial charge < -0.3 is 45.1 Å². The highest BCUT2D eigenvalue weighted by molar-refractivity contribution is 5.80. The van der Waals surface area contributed by atoms with Crippen LogP contribution in [0.4, 0.5) is 0 Å². The van der Waals surface area contributed by atoms with Gasteiger partial charge in [0, 0.05) is 6.42 Å². The molecular formula is C72H125NO10. The fourth-order valence-corrected chi connectivity index (χ4v) is 10.1. The number of hydrogen-bond donors (Lipinski definition) is 6. The van der Waals surface area contributed by atoms with E-state index in [1.54, 1.807) is 6.08 Å². The Kier molecular flexibility index (Phi) is 55.1. The third kappa shape index (κ3) is 46.5. The maximum absolute atomic E-state index is 13.4. The number of nitrogens with one attached hydrogen (secondary N) is 1. The van der Waals surface area contributed by atoms with Crippen LogP contribution in [0.1, 0.15) is 284 Å².